The zero-order valence-electron chi connectivity index (χ0n) is 15.1. The second-order valence-electron chi connectivity index (χ2n) is 6.62. The Labute approximate surface area is 156 Å². The second-order valence-corrected chi connectivity index (χ2v) is 11.6. The molecular formula is C19H28Cl2Zr. The summed E-state index contributed by atoms with van der Waals surface area (Å²) in [6.45, 7) is 18.6. The van der Waals surface area contributed by atoms with E-state index in [0.29, 0.717) is 11.8 Å². The van der Waals surface area contributed by atoms with E-state index in [1.807, 2.05) is 0 Å². The van der Waals surface area contributed by atoms with E-state index in [-0.39, 0.29) is 24.8 Å². The molecule has 0 aliphatic heterocycles. The van der Waals surface area contributed by atoms with Crippen molar-refractivity contribution in [3.05, 3.63) is 40.0 Å². The molecule has 3 heteroatoms. The van der Waals surface area contributed by atoms with Crippen LogP contribution in [0.3, 0.4) is 0 Å². The molecule has 0 aromatic carbocycles. The van der Waals surface area contributed by atoms with E-state index >= 15 is 0 Å². The van der Waals surface area contributed by atoms with Crippen LogP contribution in [0.2, 0.25) is 0 Å². The molecule has 22 heavy (non-hydrogen) atoms. The Kier molecular flexibility index (Phi) is 8.02. The van der Waals surface area contributed by atoms with Crippen molar-refractivity contribution in [2.24, 2.45) is 11.8 Å². The molecule has 2 aliphatic rings. The maximum atomic E-state index is 4.77. The minimum atomic E-state index is -1.93. The maximum absolute atomic E-state index is 4.77. The quantitative estimate of drug-likeness (QED) is 0.571. The first-order valence-corrected chi connectivity index (χ1v) is 11.9. The number of halogens is 2. The minimum Gasteiger partial charge on any atom is -1.00 e. The number of allylic oxidation sites excluding steroid dienone is 8. The summed E-state index contributed by atoms with van der Waals surface area (Å²) >= 11 is -1.93. The standard InChI is InChI=1S/2C9H13.CH2.2ClH.Zr/c2*1-6-5-7(2)9(4)8(6)3;;;;/h2*6H,1-4H3;1H2;2*1H;/q;;;;;+2/p-2. The summed E-state index contributed by atoms with van der Waals surface area (Å²) in [7, 11) is 0. The van der Waals surface area contributed by atoms with Gasteiger partial charge in [-0.1, -0.05) is 0 Å². The normalized spacial score (nSPS) is 24.5. The van der Waals surface area contributed by atoms with E-state index in [1.54, 1.807) is 28.9 Å². The van der Waals surface area contributed by atoms with Gasteiger partial charge in [0.2, 0.25) is 0 Å². The maximum Gasteiger partial charge on any atom is -1.00 e. The molecule has 0 radical (unpaired) electrons. The van der Waals surface area contributed by atoms with Crippen molar-refractivity contribution in [3.8, 4) is 0 Å². The topological polar surface area (TPSA) is 0 Å². The van der Waals surface area contributed by atoms with Crippen LogP contribution in [0.1, 0.15) is 55.4 Å². The predicted molar refractivity (Wildman–Crippen MR) is 87.6 cm³/mol. The number of rotatable bonds is 2. The fraction of sp³-hybridized carbons (Fsp3) is 0.526. The van der Waals surface area contributed by atoms with Crippen LogP contribution in [0.25, 0.3) is 0 Å². The van der Waals surface area contributed by atoms with Gasteiger partial charge in [-0.05, 0) is 0 Å². The van der Waals surface area contributed by atoms with Crippen molar-refractivity contribution >= 4 is 4.21 Å². The Morgan fingerprint density at radius 1 is 0.636 bits per heavy atom. The first-order chi connectivity index (χ1) is 9.20. The first-order valence-electron chi connectivity index (χ1n) is 7.66. The molecule has 0 aromatic rings. The van der Waals surface area contributed by atoms with Crippen molar-refractivity contribution in [3.63, 3.8) is 0 Å². The van der Waals surface area contributed by atoms with E-state index < -0.39 is 21.3 Å². The number of hydrogen-bond acceptors (Lipinski definition) is 0. The molecule has 0 bridgehead atoms. The van der Waals surface area contributed by atoms with E-state index in [0.717, 1.165) is 0 Å². The van der Waals surface area contributed by atoms with E-state index in [4.69, 9.17) is 4.21 Å². The van der Waals surface area contributed by atoms with Gasteiger partial charge in [-0.15, -0.1) is 0 Å². The summed E-state index contributed by atoms with van der Waals surface area (Å²) in [6.07, 6.45) is 0. The largest absolute Gasteiger partial charge is 1.00 e. The fourth-order valence-electron chi connectivity index (χ4n) is 3.85. The Balaban J connectivity index is 0.00000220. The van der Waals surface area contributed by atoms with Gasteiger partial charge in [-0.25, -0.2) is 0 Å². The molecule has 0 fully saturated rings. The zero-order valence-corrected chi connectivity index (χ0v) is 19.1. The van der Waals surface area contributed by atoms with E-state index in [9.17, 15) is 0 Å². The second kappa shape index (κ2) is 7.91. The van der Waals surface area contributed by atoms with Crippen molar-refractivity contribution in [2.45, 2.75) is 55.4 Å². The van der Waals surface area contributed by atoms with Crippen LogP contribution in [-0.2, 0) is 21.3 Å². The predicted octanol–water partition coefficient (Wildman–Crippen LogP) is -0.435. The van der Waals surface area contributed by atoms with Crippen LogP contribution in [0.15, 0.2) is 40.0 Å². The van der Waals surface area contributed by atoms with Crippen molar-refractivity contribution in [2.75, 3.05) is 0 Å². The van der Waals surface area contributed by atoms with Gasteiger partial charge in [-0.3, -0.25) is 0 Å². The van der Waals surface area contributed by atoms with Crippen molar-refractivity contribution < 1.29 is 46.1 Å². The third-order valence-electron chi connectivity index (χ3n) is 5.93. The first kappa shape index (κ1) is 22.3. The summed E-state index contributed by atoms with van der Waals surface area (Å²) in [5.41, 5.74) is 9.33. The molecule has 2 unspecified atom stereocenters. The fourth-order valence-corrected chi connectivity index (χ4v) is 11.3. The molecule has 0 amide bonds. The number of hydrogen-bond donors (Lipinski definition) is 0. The molecule has 2 rings (SSSR count). The molecule has 2 atom stereocenters. The van der Waals surface area contributed by atoms with Gasteiger partial charge in [-0.2, -0.15) is 0 Å². The van der Waals surface area contributed by atoms with Crippen molar-refractivity contribution in [1.82, 2.24) is 0 Å². The molecule has 0 aromatic heterocycles. The minimum absolute atomic E-state index is 0. The third kappa shape index (κ3) is 3.24. The van der Waals surface area contributed by atoms with Gasteiger partial charge in [0.25, 0.3) is 0 Å². The van der Waals surface area contributed by atoms with Crippen LogP contribution in [0, 0.1) is 11.8 Å². The summed E-state index contributed by atoms with van der Waals surface area (Å²) in [6, 6.07) is 0. The summed E-state index contributed by atoms with van der Waals surface area (Å²) < 4.78 is 8.25. The van der Waals surface area contributed by atoms with Gasteiger partial charge in [0.05, 0.1) is 0 Å². The van der Waals surface area contributed by atoms with Crippen LogP contribution in [-0.4, -0.2) is 4.21 Å². The molecule has 0 nitrogen and oxygen atoms in total. The average Bonchev–Trinajstić information content (AvgIpc) is 2.71. The van der Waals surface area contributed by atoms with Gasteiger partial charge < -0.3 is 24.8 Å². The summed E-state index contributed by atoms with van der Waals surface area (Å²) in [4.78, 5) is 0. The van der Waals surface area contributed by atoms with Crippen LogP contribution in [0.5, 0.6) is 0 Å². The SMILES string of the molecule is [CH2]=[Zr+2]([C]1=C(C)C(C)=C(C)C1C)[C]1=C(C)C(C)=C(C)C1C.[Cl-].[Cl-]. The van der Waals surface area contributed by atoms with Gasteiger partial charge in [0.1, 0.15) is 0 Å². The zero-order chi connectivity index (χ0) is 15.4. The Bertz CT molecular complexity index is 576. The molecule has 0 heterocycles. The van der Waals surface area contributed by atoms with Gasteiger partial charge >= 0.3 is 133 Å². The monoisotopic (exact) mass is 416 g/mol. The van der Waals surface area contributed by atoms with Crippen molar-refractivity contribution in [1.29, 1.82) is 0 Å². The van der Waals surface area contributed by atoms with Crippen LogP contribution >= 0.6 is 0 Å². The summed E-state index contributed by atoms with van der Waals surface area (Å²) in [5, 5.41) is 0. The Morgan fingerprint density at radius 3 is 1.09 bits per heavy atom. The van der Waals surface area contributed by atoms with E-state index in [1.165, 1.54) is 11.1 Å². The average molecular weight is 419 g/mol. The Hall–Kier alpha value is 0.293. The molecule has 0 N–H and O–H groups in total. The van der Waals surface area contributed by atoms with Crippen LogP contribution < -0.4 is 24.8 Å². The molecular weight excluding hydrogens is 390 g/mol. The van der Waals surface area contributed by atoms with E-state index in [2.05, 4.69) is 55.4 Å². The molecule has 2 aliphatic carbocycles. The Morgan fingerprint density at radius 2 is 0.909 bits per heavy atom. The van der Waals surface area contributed by atoms with Gasteiger partial charge in [0, 0.05) is 0 Å². The molecule has 122 valence electrons. The summed E-state index contributed by atoms with van der Waals surface area (Å²) in [5.74, 6) is 1.27. The third-order valence-corrected chi connectivity index (χ3v) is 13.1. The molecule has 0 saturated carbocycles. The van der Waals surface area contributed by atoms with Crippen LogP contribution in [0.4, 0.5) is 0 Å². The smallest absolute Gasteiger partial charge is 1.00 e. The van der Waals surface area contributed by atoms with Gasteiger partial charge in [0.15, 0.2) is 0 Å². The molecule has 0 spiro atoms. The molecule has 0 saturated heterocycles.